The van der Waals surface area contributed by atoms with E-state index >= 15 is 0 Å². The Kier molecular flexibility index (Phi) is 15.4. The third-order valence-electron chi connectivity index (χ3n) is 16.8. The number of hydrogen-bond donors (Lipinski definition) is 3. The molecule has 2 saturated heterocycles. The Morgan fingerprint density at radius 2 is 1.58 bits per heavy atom. The Labute approximate surface area is 437 Å². The number of fused-ring (bicyclic) bond motifs is 1. The number of H-pyrrole nitrogens is 1. The van der Waals surface area contributed by atoms with Crippen LogP contribution in [0.5, 0.6) is 11.5 Å². The number of rotatable bonds is 14. The quantitative estimate of drug-likeness (QED) is 0.0954. The number of piperidine rings is 1. The van der Waals surface area contributed by atoms with Crippen LogP contribution in [0.1, 0.15) is 115 Å². The van der Waals surface area contributed by atoms with Crippen molar-refractivity contribution in [2.45, 2.75) is 96.6 Å². The Balaban J connectivity index is 0.689. The molecule has 3 aromatic heterocycles. The highest BCUT2D eigenvalue weighted by atomic mass is 32.1. The van der Waals surface area contributed by atoms with E-state index in [0.717, 1.165) is 100 Å². The minimum Gasteiger partial charge on any atom is -0.496 e. The summed E-state index contributed by atoms with van der Waals surface area (Å²) in [5.74, 6) is 4.05. The first kappa shape index (κ1) is 51.1. The summed E-state index contributed by atoms with van der Waals surface area (Å²) < 4.78 is 12.8. The van der Waals surface area contributed by atoms with E-state index in [0.29, 0.717) is 47.7 Å². The third-order valence-corrected chi connectivity index (χ3v) is 17.9. The molecule has 0 bridgehead atoms. The minimum absolute atomic E-state index is 0.0328. The number of methoxy groups -OCH3 is 2. The first-order valence-electron chi connectivity index (χ1n) is 26.7. The van der Waals surface area contributed by atoms with Gasteiger partial charge in [0.25, 0.3) is 11.5 Å². The van der Waals surface area contributed by atoms with Gasteiger partial charge in [-0.3, -0.25) is 28.8 Å². The number of carbonyl (C=O) groups is 2. The monoisotopic (exact) mass is 1020 g/mol. The molecule has 4 aliphatic rings. The molecule has 4 fully saturated rings. The van der Waals surface area contributed by atoms with E-state index in [1.54, 1.807) is 36.6 Å². The number of benzene rings is 3. The van der Waals surface area contributed by atoms with Crippen LogP contribution in [0.15, 0.2) is 87.9 Å². The average Bonchev–Trinajstić information content (AvgIpc) is 3.92. The Morgan fingerprint density at radius 3 is 2.30 bits per heavy atom. The molecule has 6 aromatic rings. The van der Waals surface area contributed by atoms with E-state index in [2.05, 4.69) is 80.2 Å². The highest BCUT2D eigenvalue weighted by molar-refractivity contribution is 7.10. The molecule has 3 N–H and O–H groups in total. The molecule has 10 rings (SSSR count). The number of anilines is 1. The van der Waals surface area contributed by atoms with Crippen LogP contribution < -0.4 is 31.4 Å². The molecule has 1 spiro atoms. The van der Waals surface area contributed by atoms with Crippen LogP contribution in [-0.2, 0) is 11.3 Å². The summed E-state index contributed by atoms with van der Waals surface area (Å²) in [7, 11) is 5.23. The average molecular weight is 1020 g/mol. The fraction of sp³-hybridized carbons (Fsp3) is 0.483. The molecule has 2 saturated carbocycles. The van der Waals surface area contributed by atoms with Crippen molar-refractivity contribution in [2.24, 2.45) is 17.3 Å². The standard InChI is InChI=1S/C58H71N9O6S/c1-37(52-31-44(36-74-52)45-9-7-6-8-43(45)34-59-3)60-54-47-32-46(51(73-5)33-48(47)61-38(2)62-54)40-10-12-41(13-11-40)55(69)66-28-26-64(27-29-66)35-39-16-19-58(20-17-39)21-24-65(25-22-58)56(70)42-14-15-50(72-4)49(30-42)67-23-18-53(68)63-57(67)71/h6-9,14-15,18,23,30-33,36-37,39-41,59H,10-13,16-17,19-22,24-29,34-35H2,1-5H3,(H,60,61,62)(H,63,68,71)/t37-,40?,41?/m1/s1. The summed E-state index contributed by atoms with van der Waals surface area (Å²) in [5.41, 5.74) is 5.86. The van der Waals surface area contributed by atoms with Crippen LogP contribution >= 0.6 is 11.3 Å². The number of aryl methyl sites for hydroxylation is 1. The van der Waals surface area contributed by atoms with Crippen molar-refractivity contribution in [3.8, 4) is 28.3 Å². The van der Waals surface area contributed by atoms with Crippen molar-refractivity contribution in [3.63, 3.8) is 0 Å². The van der Waals surface area contributed by atoms with Crippen LogP contribution in [-0.4, -0.2) is 113 Å². The zero-order valence-electron chi connectivity index (χ0n) is 43.6. The number of likely N-dealkylation sites (tertiary alicyclic amines) is 1. The van der Waals surface area contributed by atoms with Crippen LogP contribution in [0.2, 0.25) is 0 Å². The lowest BCUT2D eigenvalue weighted by atomic mass is 9.65. The highest BCUT2D eigenvalue weighted by Crippen LogP contribution is 2.47. The van der Waals surface area contributed by atoms with Gasteiger partial charge in [0.2, 0.25) is 5.91 Å². The van der Waals surface area contributed by atoms with Crippen molar-refractivity contribution >= 4 is 39.9 Å². The normalized spacial score (nSPS) is 19.9. The van der Waals surface area contributed by atoms with Crippen molar-refractivity contribution < 1.29 is 19.1 Å². The van der Waals surface area contributed by atoms with Crippen LogP contribution in [0.4, 0.5) is 5.82 Å². The number of nitrogens with zero attached hydrogens (tertiary/aromatic N) is 6. The molecule has 2 aliphatic carbocycles. The Hall–Kier alpha value is -6.36. The number of thiophene rings is 1. The maximum atomic E-state index is 14.1. The van der Waals surface area contributed by atoms with E-state index in [4.69, 9.17) is 19.4 Å². The molecule has 0 radical (unpaired) electrons. The van der Waals surface area contributed by atoms with Gasteiger partial charge >= 0.3 is 5.69 Å². The van der Waals surface area contributed by atoms with Gasteiger partial charge in [-0.25, -0.2) is 14.8 Å². The molecular weight excluding hydrogens is 951 g/mol. The smallest absolute Gasteiger partial charge is 0.333 e. The first-order chi connectivity index (χ1) is 35.9. The number of amides is 2. The maximum absolute atomic E-state index is 14.1. The van der Waals surface area contributed by atoms with E-state index in [9.17, 15) is 19.2 Å². The second-order valence-corrected chi connectivity index (χ2v) is 22.2. The zero-order chi connectivity index (χ0) is 51.5. The van der Waals surface area contributed by atoms with Gasteiger partial charge in [0, 0.05) is 92.4 Å². The van der Waals surface area contributed by atoms with Crippen LogP contribution in [0.25, 0.3) is 27.7 Å². The van der Waals surface area contributed by atoms with E-state index in [-0.39, 0.29) is 29.2 Å². The van der Waals surface area contributed by atoms with Gasteiger partial charge in [0.1, 0.15) is 23.1 Å². The molecule has 1 atom stereocenters. The van der Waals surface area contributed by atoms with Crippen molar-refractivity contribution in [1.82, 2.24) is 39.5 Å². The summed E-state index contributed by atoms with van der Waals surface area (Å²) in [6, 6.07) is 21.6. The molecule has 5 heterocycles. The number of carbonyl (C=O) groups excluding carboxylic acids is 2. The molecule has 2 amide bonds. The third kappa shape index (κ3) is 10.9. The van der Waals surface area contributed by atoms with Gasteiger partial charge in [-0.05, 0) is 160 Å². The number of nitrogens with one attached hydrogen (secondary N) is 3. The lowest BCUT2D eigenvalue weighted by Gasteiger charge is -2.47. The van der Waals surface area contributed by atoms with Gasteiger partial charge < -0.3 is 29.9 Å². The van der Waals surface area contributed by atoms with E-state index in [1.807, 2.05) is 18.9 Å². The van der Waals surface area contributed by atoms with Crippen molar-refractivity contribution in [2.75, 3.05) is 72.4 Å². The Morgan fingerprint density at radius 1 is 0.838 bits per heavy atom. The van der Waals surface area contributed by atoms with Gasteiger partial charge in [-0.2, -0.15) is 0 Å². The molecule has 3 aromatic carbocycles. The molecule has 74 heavy (non-hydrogen) atoms. The molecule has 390 valence electrons. The Bertz CT molecular complexity index is 3100. The zero-order valence-corrected chi connectivity index (χ0v) is 44.4. The van der Waals surface area contributed by atoms with Crippen molar-refractivity contribution in [1.29, 1.82) is 0 Å². The van der Waals surface area contributed by atoms with Gasteiger partial charge in [-0.1, -0.05) is 24.3 Å². The summed E-state index contributed by atoms with van der Waals surface area (Å²) in [5, 5.41) is 10.3. The van der Waals surface area contributed by atoms with Gasteiger partial charge in [-0.15, -0.1) is 11.3 Å². The SMILES string of the molecule is CNCc1ccccc1-c1csc([C@@H](C)Nc2nc(C)nc3cc(OC)c(C4CCC(C(=O)N5CCN(CC6CCC7(CC6)CCN(C(=O)c6ccc(OC)c(-n8ccc(=O)[nH]c8=O)c6)CC7)CC5)CC4)cc23)c1. The largest absolute Gasteiger partial charge is 0.496 e. The summed E-state index contributed by atoms with van der Waals surface area (Å²) in [6.07, 6.45) is 11.7. The fourth-order valence-corrected chi connectivity index (χ4v) is 13.3. The number of aromatic amines is 1. The van der Waals surface area contributed by atoms with Crippen LogP contribution in [0, 0.1) is 24.2 Å². The molecule has 0 unspecified atom stereocenters. The van der Waals surface area contributed by atoms with Gasteiger partial charge in [0.05, 0.1) is 31.5 Å². The number of piperazine rings is 1. The fourth-order valence-electron chi connectivity index (χ4n) is 12.4. The summed E-state index contributed by atoms with van der Waals surface area (Å²) >= 11 is 1.76. The predicted octanol–water partition coefficient (Wildman–Crippen LogP) is 8.95. The highest BCUT2D eigenvalue weighted by Gasteiger charge is 2.40. The number of ether oxygens (including phenoxy) is 2. The summed E-state index contributed by atoms with van der Waals surface area (Å²) in [4.78, 5) is 72.1. The molecule has 16 heteroatoms. The van der Waals surface area contributed by atoms with Gasteiger partial charge in [0.15, 0.2) is 0 Å². The predicted molar refractivity (Wildman–Crippen MR) is 292 cm³/mol. The van der Waals surface area contributed by atoms with Crippen LogP contribution in [0.3, 0.4) is 0 Å². The lowest BCUT2D eigenvalue weighted by molar-refractivity contribution is -0.138. The van der Waals surface area contributed by atoms with E-state index < -0.39 is 11.2 Å². The number of hydrogen-bond acceptors (Lipinski definition) is 12. The summed E-state index contributed by atoms with van der Waals surface area (Å²) in [6.45, 7) is 10.9. The second kappa shape index (κ2) is 22.2. The molecule has 2 aliphatic heterocycles. The van der Waals surface area contributed by atoms with E-state index in [1.165, 1.54) is 76.8 Å². The number of aromatic nitrogens is 4. The molecular formula is C58H71N9O6S. The van der Waals surface area contributed by atoms with Crippen molar-refractivity contribution in [3.05, 3.63) is 127 Å². The second-order valence-electron chi connectivity index (χ2n) is 21.3. The lowest BCUT2D eigenvalue weighted by Crippen LogP contribution is -2.52. The molecule has 15 nitrogen and oxygen atoms in total. The first-order valence-corrected chi connectivity index (χ1v) is 27.5. The topological polar surface area (TPSA) is 167 Å². The minimum atomic E-state index is -0.592. The maximum Gasteiger partial charge on any atom is 0.333 e.